The Balaban J connectivity index is 2.23. The fraction of sp³-hybridized carbons (Fsp3) is 0.381. The van der Waals surface area contributed by atoms with Gasteiger partial charge in [-0.25, -0.2) is 8.42 Å². The second-order valence-electron chi connectivity index (χ2n) is 7.02. The standard InChI is InChI=1S/C21H28N2O3S/c1-6-17-7-13-20(14-8-17)23(27(5,25)26)16(4)21(24)22-19-11-9-18(10-12-19)15(2)3/h7-16H,6H2,1-5H3,(H,22,24). The summed E-state index contributed by atoms with van der Waals surface area (Å²) in [5.74, 6) is 0.0257. The van der Waals surface area contributed by atoms with Gasteiger partial charge in [0, 0.05) is 5.69 Å². The molecule has 1 amide bonds. The topological polar surface area (TPSA) is 66.5 Å². The van der Waals surface area contributed by atoms with Crippen LogP contribution in [0.15, 0.2) is 48.5 Å². The molecule has 2 aromatic carbocycles. The summed E-state index contributed by atoms with van der Waals surface area (Å²) in [6, 6.07) is 13.9. The summed E-state index contributed by atoms with van der Waals surface area (Å²) in [4.78, 5) is 12.7. The van der Waals surface area contributed by atoms with Gasteiger partial charge in [0.1, 0.15) is 6.04 Å². The van der Waals surface area contributed by atoms with E-state index in [2.05, 4.69) is 19.2 Å². The number of benzene rings is 2. The van der Waals surface area contributed by atoms with Crippen molar-refractivity contribution in [3.8, 4) is 0 Å². The number of nitrogens with zero attached hydrogens (tertiary/aromatic N) is 1. The van der Waals surface area contributed by atoms with Gasteiger partial charge in [-0.1, -0.05) is 45.0 Å². The third-order valence-electron chi connectivity index (χ3n) is 4.53. The lowest BCUT2D eigenvalue weighted by Gasteiger charge is -2.28. The van der Waals surface area contributed by atoms with E-state index >= 15 is 0 Å². The molecular formula is C21H28N2O3S. The zero-order chi connectivity index (χ0) is 20.2. The molecule has 1 atom stereocenters. The Hall–Kier alpha value is -2.34. The molecule has 0 fully saturated rings. The molecule has 0 radical (unpaired) electrons. The first kappa shape index (κ1) is 21.0. The fourth-order valence-corrected chi connectivity index (χ4v) is 4.06. The van der Waals surface area contributed by atoms with Crippen LogP contribution in [0.3, 0.4) is 0 Å². The largest absolute Gasteiger partial charge is 0.324 e. The van der Waals surface area contributed by atoms with Crippen LogP contribution in [0.1, 0.15) is 44.7 Å². The van der Waals surface area contributed by atoms with Crippen molar-refractivity contribution >= 4 is 27.3 Å². The molecule has 0 heterocycles. The molecule has 2 rings (SSSR count). The van der Waals surface area contributed by atoms with Crippen molar-refractivity contribution in [2.45, 2.75) is 46.1 Å². The van der Waals surface area contributed by atoms with Gasteiger partial charge in [0.2, 0.25) is 15.9 Å². The number of hydrogen-bond acceptors (Lipinski definition) is 3. The van der Waals surface area contributed by atoms with Gasteiger partial charge in [-0.2, -0.15) is 0 Å². The zero-order valence-corrected chi connectivity index (χ0v) is 17.4. The number of anilines is 2. The summed E-state index contributed by atoms with van der Waals surface area (Å²) in [6.45, 7) is 7.82. The Morgan fingerprint density at radius 1 is 1.00 bits per heavy atom. The maximum absolute atomic E-state index is 12.7. The van der Waals surface area contributed by atoms with E-state index in [-0.39, 0.29) is 5.91 Å². The Kier molecular flexibility index (Phi) is 6.65. The third-order valence-corrected chi connectivity index (χ3v) is 5.77. The average Bonchev–Trinajstić information content (AvgIpc) is 2.61. The van der Waals surface area contributed by atoms with E-state index in [1.807, 2.05) is 43.3 Å². The minimum absolute atomic E-state index is 0.378. The Bertz CT molecular complexity index is 873. The molecule has 0 saturated heterocycles. The number of carbonyl (C=O) groups is 1. The lowest BCUT2D eigenvalue weighted by molar-refractivity contribution is -0.116. The molecule has 0 aliphatic rings. The van der Waals surface area contributed by atoms with Crippen LogP contribution in [-0.4, -0.2) is 26.6 Å². The average molecular weight is 389 g/mol. The predicted molar refractivity (Wildman–Crippen MR) is 112 cm³/mol. The van der Waals surface area contributed by atoms with Crippen molar-refractivity contribution in [2.24, 2.45) is 0 Å². The number of hydrogen-bond donors (Lipinski definition) is 1. The summed E-state index contributed by atoms with van der Waals surface area (Å²) < 4.78 is 25.9. The Morgan fingerprint density at radius 2 is 1.56 bits per heavy atom. The lowest BCUT2D eigenvalue weighted by atomic mass is 10.0. The molecule has 0 spiro atoms. The molecule has 0 aliphatic carbocycles. The molecule has 0 aromatic heterocycles. The van der Waals surface area contributed by atoms with Crippen molar-refractivity contribution in [1.82, 2.24) is 0 Å². The van der Waals surface area contributed by atoms with Gasteiger partial charge in [-0.15, -0.1) is 0 Å². The molecule has 2 aromatic rings. The van der Waals surface area contributed by atoms with Gasteiger partial charge >= 0.3 is 0 Å². The quantitative estimate of drug-likeness (QED) is 0.774. The first-order valence-electron chi connectivity index (χ1n) is 9.12. The van der Waals surface area contributed by atoms with Gasteiger partial charge in [-0.3, -0.25) is 9.10 Å². The van der Waals surface area contributed by atoms with Crippen LogP contribution >= 0.6 is 0 Å². The van der Waals surface area contributed by atoms with E-state index in [1.54, 1.807) is 19.1 Å². The summed E-state index contributed by atoms with van der Waals surface area (Å²) in [5, 5.41) is 2.81. The van der Waals surface area contributed by atoms with Crippen molar-refractivity contribution < 1.29 is 13.2 Å². The first-order chi connectivity index (χ1) is 12.6. The third kappa shape index (κ3) is 5.32. The van der Waals surface area contributed by atoms with Gasteiger partial charge < -0.3 is 5.32 Å². The zero-order valence-electron chi connectivity index (χ0n) is 16.6. The number of rotatable bonds is 7. The van der Waals surface area contributed by atoms with Crippen molar-refractivity contribution in [2.75, 3.05) is 15.9 Å². The number of carbonyl (C=O) groups excluding carboxylic acids is 1. The summed E-state index contributed by atoms with van der Waals surface area (Å²) in [7, 11) is -3.62. The molecule has 146 valence electrons. The van der Waals surface area contributed by atoms with E-state index < -0.39 is 16.1 Å². The van der Waals surface area contributed by atoms with E-state index in [0.29, 0.717) is 17.3 Å². The van der Waals surface area contributed by atoms with Crippen LogP contribution in [0.5, 0.6) is 0 Å². The summed E-state index contributed by atoms with van der Waals surface area (Å²) >= 11 is 0. The van der Waals surface area contributed by atoms with Crippen molar-refractivity contribution in [3.63, 3.8) is 0 Å². The van der Waals surface area contributed by atoms with Crippen LogP contribution in [0.25, 0.3) is 0 Å². The molecule has 27 heavy (non-hydrogen) atoms. The second-order valence-corrected chi connectivity index (χ2v) is 8.88. The molecular weight excluding hydrogens is 360 g/mol. The molecule has 6 heteroatoms. The minimum atomic E-state index is -3.62. The first-order valence-corrected chi connectivity index (χ1v) is 11.0. The van der Waals surface area contributed by atoms with Gasteiger partial charge in [0.05, 0.1) is 11.9 Å². The Morgan fingerprint density at radius 3 is 2.00 bits per heavy atom. The van der Waals surface area contributed by atoms with Crippen LogP contribution in [0.4, 0.5) is 11.4 Å². The maximum atomic E-state index is 12.7. The maximum Gasteiger partial charge on any atom is 0.247 e. The molecule has 0 aliphatic heterocycles. The molecule has 1 N–H and O–H groups in total. The minimum Gasteiger partial charge on any atom is -0.324 e. The smallest absolute Gasteiger partial charge is 0.247 e. The summed E-state index contributed by atoms with van der Waals surface area (Å²) in [5.41, 5.74) is 3.41. The van der Waals surface area contributed by atoms with E-state index in [4.69, 9.17) is 0 Å². The monoisotopic (exact) mass is 388 g/mol. The van der Waals surface area contributed by atoms with Gasteiger partial charge in [0.15, 0.2) is 0 Å². The highest BCUT2D eigenvalue weighted by atomic mass is 32.2. The van der Waals surface area contributed by atoms with Crippen LogP contribution < -0.4 is 9.62 Å². The highest BCUT2D eigenvalue weighted by molar-refractivity contribution is 7.92. The van der Waals surface area contributed by atoms with Crippen LogP contribution in [-0.2, 0) is 21.2 Å². The van der Waals surface area contributed by atoms with Crippen LogP contribution in [0.2, 0.25) is 0 Å². The highest BCUT2D eigenvalue weighted by Gasteiger charge is 2.29. The Labute approximate surface area is 162 Å². The highest BCUT2D eigenvalue weighted by Crippen LogP contribution is 2.23. The van der Waals surface area contributed by atoms with Gasteiger partial charge in [0.25, 0.3) is 0 Å². The predicted octanol–water partition coefficient (Wildman–Crippen LogP) is 4.17. The van der Waals surface area contributed by atoms with Gasteiger partial charge in [-0.05, 0) is 54.7 Å². The van der Waals surface area contributed by atoms with Crippen LogP contribution in [0, 0.1) is 0 Å². The summed E-state index contributed by atoms with van der Waals surface area (Å²) in [6.07, 6.45) is 1.98. The number of aryl methyl sites for hydroxylation is 1. The van der Waals surface area contributed by atoms with Crippen molar-refractivity contribution in [1.29, 1.82) is 0 Å². The number of nitrogens with one attached hydrogen (secondary N) is 1. The number of sulfonamides is 1. The molecule has 0 saturated carbocycles. The molecule has 1 unspecified atom stereocenters. The fourth-order valence-electron chi connectivity index (χ4n) is 2.89. The van der Waals surface area contributed by atoms with Crippen molar-refractivity contribution in [3.05, 3.63) is 59.7 Å². The molecule has 0 bridgehead atoms. The normalized spacial score (nSPS) is 12.7. The lowest BCUT2D eigenvalue weighted by Crippen LogP contribution is -2.45. The molecule has 5 nitrogen and oxygen atoms in total. The van der Waals surface area contributed by atoms with E-state index in [1.165, 1.54) is 5.56 Å². The van der Waals surface area contributed by atoms with E-state index in [0.717, 1.165) is 22.5 Å². The second kappa shape index (κ2) is 8.57. The van der Waals surface area contributed by atoms with E-state index in [9.17, 15) is 13.2 Å². The SMILES string of the molecule is CCc1ccc(N(C(C)C(=O)Nc2ccc(C(C)C)cc2)S(C)(=O)=O)cc1. The number of amides is 1.